The summed E-state index contributed by atoms with van der Waals surface area (Å²) >= 11 is 0. The van der Waals surface area contributed by atoms with Crippen LogP contribution >= 0.6 is 12.4 Å². The Morgan fingerprint density at radius 3 is 2.45 bits per heavy atom. The smallest absolute Gasteiger partial charge is 0.220 e. The lowest BCUT2D eigenvalue weighted by Crippen LogP contribution is -2.48. The molecule has 2 atom stereocenters. The molecular formula is C18H27ClN2O. The van der Waals surface area contributed by atoms with Crippen LogP contribution in [-0.2, 0) is 11.2 Å². The van der Waals surface area contributed by atoms with E-state index in [1.807, 2.05) is 0 Å². The molecule has 3 nitrogen and oxygen atoms in total. The molecule has 0 aromatic heterocycles. The summed E-state index contributed by atoms with van der Waals surface area (Å²) in [6, 6.07) is 10.3. The normalized spacial score (nSPS) is 26.3. The lowest BCUT2D eigenvalue weighted by atomic mass is 9.99. The second kappa shape index (κ2) is 7.98. The van der Waals surface area contributed by atoms with Gasteiger partial charge in [0.1, 0.15) is 0 Å². The van der Waals surface area contributed by atoms with Crippen molar-refractivity contribution in [3.63, 3.8) is 0 Å². The minimum Gasteiger partial charge on any atom is -0.353 e. The summed E-state index contributed by atoms with van der Waals surface area (Å²) in [5, 5.41) is 6.85. The number of piperidine rings is 1. The second-order valence-electron chi connectivity index (χ2n) is 6.71. The maximum Gasteiger partial charge on any atom is 0.220 e. The number of hydrogen-bond acceptors (Lipinski definition) is 2. The first-order valence-electron chi connectivity index (χ1n) is 8.30. The fourth-order valence-electron chi connectivity index (χ4n) is 3.68. The maximum absolute atomic E-state index is 12.1. The first kappa shape index (κ1) is 17.3. The lowest BCUT2D eigenvalue weighted by Gasteiger charge is -2.29. The van der Waals surface area contributed by atoms with E-state index in [2.05, 4.69) is 41.8 Å². The molecule has 2 aliphatic rings. The van der Waals surface area contributed by atoms with E-state index in [-0.39, 0.29) is 18.3 Å². The number of rotatable bonds is 5. The fourth-order valence-corrected chi connectivity index (χ4v) is 3.68. The van der Waals surface area contributed by atoms with Gasteiger partial charge in [-0.25, -0.2) is 0 Å². The standard InChI is InChI=1S/C18H26N2O.ClH/c1-13-5-7-14(8-6-13)3-2-4-18(21)20-17-11-15-9-10-16(12-17)19-15;/h5-8,15-17,19H,2-4,9-12H2,1H3,(H,20,21);1H. The number of fused-ring (bicyclic) bond motifs is 2. The van der Waals surface area contributed by atoms with Gasteiger partial charge in [0.2, 0.25) is 5.91 Å². The van der Waals surface area contributed by atoms with Crippen LogP contribution < -0.4 is 10.6 Å². The number of amides is 1. The maximum atomic E-state index is 12.1. The first-order chi connectivity index (χ1) is 10.2. The van der Waals surface area contributed by atoms with E-state index >= 15 is 0 Å². The Balaban J connectivity index is 0.00000176. The molecule has 1 aromatic rings. The average molecular weight is 323 g/mol. The van der Waals surface area contributed by atoms with Crippen LogP contribution in [0.15, 0.2) is 24.3 Å². The molecule has 22 heavy (non-hydrogen) atoms. The Labute approximate surface area is 139 Å². The zero-order valence-corrected chi connectivity index (χ0v) is 14.1. The van der Waals surface area contributed by atoms with Gasteiger partial charge in [-0.3, -0.25) is 4.79 Å². The summed E-state index contributed by atoms with van der Waals surface area (Å²) in [5.74, 6) is 0.230. The Bertz CT molecular complexity index is 476. The number of carbonyl (C=O) groups excluding carboxylic acids is 1. The van der Waals surface area contributed by atoms with E-state index in [0.29, 0.717) is 24.5 Å². The van der Waals surface area contributed by atoms with Crippen LogP contribution in [0, 0.1) is 6.92 Å². The van der Waals surface area contributed by atoms with Crippen molar-refractivity contribution in [1.29, 1.82) is 0 Å². The molecule has 2 saturated heterocycles. The van der Waals surface area contributed by atoms with Crippen LogP contribution in [0.1, 0.15) is 49.7 Å². The minimum absolute atomic E-state index is 0. The van der Waals surface area contributed by atoms with Crippen molar-refractivity contribution in [2.24, 2.45) is 0 Å². The topological polar surface area (TPSA) is 41.1 Å². The number of halogens is 1. The minimum atomic E-state index is 0. The van der Waals surface area contributed by atoms with E-state index in [4.69, 9.17) is 0 Å². The molecule has 0 radical (unpaired) electrons. The van der Waals surface area contributed by atoms with E-state index in [9.17, 15) is 4.79 Å². The van der Waals surface area contributed by atoms with Gasteiger partial charge in [0.15, 0.2) is 0 Å². The molecule has 2 unspecified atom stereocenters. The third-order valence-corrected chi connectivity index (χ3v) is 4.83. The Kier molecular flexibility index (Phi) is 6.27. The third kappa shape index (κ3) is 4.72. The molecule has 2 fully saturated rings. The van der Waals surface area contributed by atoms with Crippen LogP contribution in [0.4, 0.5) is 0 Å². The van der Waals surface area contributed by atoms with Gasteiger partial charge in [-0.2, -0.15) is 0 Å². The number of benzene rings is 1. The van der Waals surface area contributed by atoms with Crippen LogP contribution in [-0.4, -0.2) is 24.0 Å². The van der Waals surface area contributed by atoms with Gasteiger partial charge in [0, 0.05) is 24.5 Å². The average Bonchev–Trinajstić information content (AvgIpc) is 2.80. The zero-order chi connectivity index (χ0) is 14.7. The number of hydrogen-bond donors (Lipinski definition) is 2. The molecule has 2 heterocycles. The highest BCUT2D eigenvalue weighted by atomic mass is 35.5. The predicted octanol–water partition coefficient (Wildman–Crippen LogP) is 3.14. The highest BCUT2D eigenvalue weighted by molar-refractivity contribution is 5.85. The molecule has 122 valence electrons. The van der Waals surface area contributed by atoms with E-state index < -0.39 is 0 Å². The van der Waals surface area contributed by atoms with Crippen molar-refractivity contribution >= 4 is 18.3 Å². The van der Waals surface area contributed by atoms with Gasteiger partial charge in [-0.05, 0) is 51.0 Å². The Hall–Kier alpha value is -1.06. The molecule has 0 saturated carbocycles. The van der Waals surface area contributed by atoms with Gasteiger partial charge >= 0.3 is 0 Å². The Morgan fingerprint density at radius 2 is 1.82 bits per heavy atom. The first-order valence-corrected chi connectivity index (χ1v) is 8.30. The van der Waals surface area contributed by atoms with Crippen molar-refractivity contribution in [2.45, 2.75) is 70.0 Å². The predicted molar refractivity (Wildman–Crippen MR) is 92.5 cm³/mol. The van der Waals surface area contributed by atoms with Gasteiger partial charge in [-0.1, -0.05) is 29.8 Å². The van der Waals surface area contributed by atoms with Crippen LogP contribution in [0.2, 0.25) is 0 Å². The summed E-state index contributed by atoms with van der Waals surface area (Å²) < 4.78 is 0. The molecule has 1 aromatic carbocycles. The largest absolute Gasteiger partial charge is 0.353 e. The summed E-state index contributed by atoms with van der Waals surface area (Å²) in [6.45, 7) is 2.10. The Morgan fingerprint density at radius 1 is 1.18 bits per heavy atom. The highest BCUT2D eigenvalue weighted by Gasteiger charge is 2.33. The molecule has 2 N–H and O–H groups in total. The van der Waals surface area contributed by atoms with Crippen molar-refractivity contribution in [3.05, 3.63) is 35.4 Å². The van der Waals surface area contributed by atoms with Crippen molar-refractivity contribution in [1.82, 2.24) is 10.6 Å². The highest BCUT2D eigenvalue weighted by Crippen LogP contribution is 2.26. The van der Waals surface area contributed by atoms with Gasteiger partial charge in [0.25, 0.3) is 0 Å². The van der Waals surface area contributed by atoms with Crippen LogP contribution in [0.25, 0.3) is 0 Å². The van der Waals surface area contributed by atoms with Crippen LogP contribution in [0.3, 0.4) is 0 Å². The van der Waals surface area contributed by atoms with E-state index in [1.165, 1.54) is 24.0 Å². The van der Waals surface area contributed by atoms with E-state index in [0.717, 1.165) is 25.7 Å². The molecule has 2 bridgehead atoms. The van der Waals surface area contributed by atoms with E-state index in [1.54, 1.807) is 0 Å². The quantitative estimate of drug-likeness (QED) is 0.874. The summed E-state index contributed by atoms with van der Waals surface area (Å²) in [4.78, 5) is 12.1. The SMILES string of the molecule is Cc1ccc(CCCC(=O)NC2CC3CCC(C2)N3)cc1.Cl. The summed E-state index contributed by atoms with van der Waals surface area (Å²) in [5.41, 5.74) is 2.62. The number of carbonyl (C=O) groups is 1. The molecular weight excluding hydrogens is 296 g/mol. The third-order valence-electron chi connectivity index (χ3n) is 4.83. The van der Waals surface area contributed by atoms with Gasteiger partial charge in [0.05, 0.1) is 0 Å². The molecule has 0 aliphatic carbocycles. The van der Waals surface area contributed by atoms with Crippen molar-refractivity contribution in [3.8, 4) is 0 Å². The van der Waals surface area contributed by atoms with Crippen molar-refractivity contribution < 1.29 is 4.79 Å². The molecule has 3 rings (SSSR count). The summed E-state index contributed by atoms with van der Waals surface area (Å²) in [7, 11) is 0. The van der Waals surface area contributed by atoms with Gasteiger partial charge in [-0.15, -0.1) is 12.4 Å². The number of aryl methyl sites for hydroxylation is 2. The molecule has 0 spiro atoms. The van der Waals surface area contributed by atoms with Crippen molar-refractivity contribution in [2.75, 3.05) is 0 Å². The monoisotopic (exact) mass is 322 g/mol. The lowest BCUT2D eigenvalue weighted by molar-refractivity contribution is -0.122. The fraction of sp³-hybridized carbons (Fsp3) is 0.611. The zero-order valence-electron chi connectivity index (χ0n) is 13.3. The number of nitrogens with one attached hydrogen (secondary N) is 2. The molecule has 4 heteroatoms. The molecule has 2 aliphatic heterocycles. The molecule has 1 amide bonds. The van der Waals surface area contributed by atoms with Gasteiger partial charge < -0.3 is 10.6 Å². The van der Waals surface area contributed by atoms with Crippen LogP contribution in [0.5, 0.6) is 0 Å². The summed E-state index contributed by atoms with van der Waals surface area (Å²) in [6.07, 6.45) is 7.36. The second-order valence-corrected chi connectivity index (χ2v) is 6.71.